The van der Waals surface area contributed by atoms with E-state index in [9.17, 15) is 18.5 Å². The van der Waals surface area contributed by atoms with E-state index in [2.05, 4.69) is 4.72 Å². The lowest BCUT2D eigenvalue weighted by Gasteiger charge is -2.27. The average molecular weight is 405 g/mol. The van der Waals surface area contributed by atoms with Crippen LogP contribution in [0.4, 0.5) is 11.4 Å². The molecule has 1 heterocycles. The summed E-state index contributed by atoms with van der Waals surface area (Å²) >= 11 is 0. The molecule has 8 nitrogen and oxygen atoms in total. The van der Waals surface area contributed by atoms with Gasteiger partial charge in [-0.15, -0.1) is 0 Å². The van der Waals surface area contributed by atoms with Gasteiger partial charge in [-0.05, 0) is 56.6 Å². The van der Waals surface area contributed by atoms with Crippen molar-refractivity contribution in [2.24, 2.45) is 0 Å². The zero-order valence-corrected chi connectivity index (χ0v) is 16.6. The minimum absolute atomic E-state index is 0.0128. The zero-order valence-electron chi connectivity index (χ0n) is 15.8. The highest BCUT2D eigenvalue weighted by molar-refractivity contribution is 7.89. The van der Waals surface area contributed by atoms with Crippen molar-refractivity contribution in [3.63, 3.8) is 0 Å². The Kier molecular flexibility index (Phi) is 5.85. The van der Waals surface area contributed by atoms with Crippen molar-refractivity contribution in [1.29, 1.82) is 0 Å². The minimum atomic E-state index is -3.76. The van der Waals surface area contributed by atoms with Crippen LogP contribution in [0.1, 0.15) is 31.4 Å². The van der Waals surface area contributed by atoms with E-state index in [1.807, 2.05) is 36.1 Å². The second-order valence-corrected chi connectivity index (χ2v) is 8.36. The zero-order chi connectivity index (χ0) is 20.3. The van der Waals surface area contributed by atoms with Gasteiger partial charge in [0.25, 0.3) is 5.69 Å². The molecule has 1 fully saturated rings. The molecule has 0 aromatic heterocycles. The van der Waals surface area contributed by atoms with Crippen LogP contribution in [0.2, 0.25) is 0 Å². The smallest absolute Gasteiger partial charge is 0.293 e. The molecule has 1 aliphatic heterocycles. The van der Waals surface area contributed by atoms with Crippen LogP contribution in [0.5, 0.6) is 5.75 Å². The van der Waals surface area contributed by atoms with Gasteiger partial charge in [-0.1, -0.05) is 12.1 Å². The molecule has 1 atom stereocenters. The van der Waals surface area contributed by atoms with E-state index in [4.69, 9.17) is 4.74 Å². The maximum Gasteiger partial charge on any atom is 0.293 e. The van der Waals surface area contributed by atoms with Crippen LogP contribution in [0.25, 0.3) is 0 Å². The molecule has 0 bridgehead atoms. The van der Waals surface area contributed by atoms with E-state index in [1.165, 1.54) is 19.2 Å². The van der Waals surface area contributed by atoms with Gasteiger partial charge in [-0.25, -0.2) is 13.1 Å². The third kappa shape index (κ3) is 3.95. The fraction of sp³-hybridized carbons (Fsp3) is 0.368. The van der Waals surface area contributed by atoms with Crippen molar-refractivity contribution < 1.29 is 18.1 Å². The molecule has 1 aliphatic rings. The topological polar surface area (TPSA) is 102 Å². The van der Waals surface area contributed by atoms with Gasteiger partial charge in [0.1, 0.15) is 11.4 Å². The van der Waals surface area contributed by atoms with E-state index >= 15 is 0 Å². The number of hydrogen-bond donors (Lipinski definition) is 1. The van der Waals surface area contributed by atoms with Crippen LogP contribution in [-0.2, 0) is 10.0 Å². The molecule has 0 amide bonds. The normalized spacial score (nSPS) is 16.9. The number of hydrogen-bond acceptors (Lipinski definition) is 6. The summed E-state index contributed by atoms with van der Waals surface area (Å²) in [4.78, 5) is 13.0. The maximum atomic E-state index is 12.0. The highest BCUT2D eigenvalue weighted by Crippen LogP contribution is 2.41. The van der Waals surface area contributed by atoms with Crippen molar-refractivity contribution in [2.75, 3.05) is 25.1 Å². The van der Waals surface area contributed by atoms with Gasteiger partial charge < -0.3 is 9.64 Å². The molecule has 0 saturated carbocycles. The molecule has 2 aromatic carbocycles. The van der Waals surface area contributed by atoms with E-state index in [1.54, 1.807) is 0 Å². The number of benzene rings is 2. The van der Waals surface area contributed by atoms with Crippen molar-refractivity contribution in [2.45, 2.75) is 30.7 Å². The van der Waals surface area contributed by atoms with E-state index < -0.39 is 14.9 Å². The summed E-state index contributed by atoms with van der Waals surface area (Å²) in [5, 5.41) is 11.7. The molecule has 2 aromatic rings. The molecular weight excluding hydrogens is 382 g/mol. The van der Waals surface area contributed by atoms with Crippen molar-refractivity contribution in [3.8, 4) is 5.75 Å². The lowest BCUT2D eigenvalue weighted by Crippen LogP contribution is -2.24. The highest BCUT2D eigenvalue weighted by Gasteiger charge is 2.32. The Balaban J connectivity index is 1.98. The Bertz CT molecular complexity index is 960. The summed E-state index contributed by atoms with van der Waals surface area (Å²) in [6.07, 6.45) is 1.76. The molecule has 3 rings (SSSR count). The summed E-state index contributed by atoms with van der Waals surface area (Å²) in [7, 11) is -2.48. The van der Waals surface area contributed by atoms with Gasteiger partial charge in [0.2, 0.25) is 10.0 Å². The number of nitro benzene ring substituents is 1. The summed E-state index contributed by atoms with van der Waals surface area (Å²) in [6, 6.07) is 11.8. The molecule has 0 unspecified atom stereocenters. The lowest BCUT2D eigenvalue weighted by atomic mass is 10.0. The standard InChI is InChI=1S/C19H23N3O5S/c1-3-27-15-8-6-14(7-9-15)17-5-4-12-21(17)18-11-10-16(28(25,26)20-2)13-19(18)22(23)24/h6-11,13,17,20H,3-5,12H2,1-2H3/t17-/m0/s1. The lowest BCUT2D eigenvalue weighted by molar-refractivity contribution is -0.384. The van der Waals surface area contributed by atoms with Crippen molar-refractivity contribution in [3.05, 3.63) is 58.1 Å². The Labute approximate surface area is 164 Å². The molecule has 1 N–H and O–H groups in total. The number of nitrogens with zero attached hydrogens (tertiary/aromatic N) is 2. The molecule has 0 aliphatic carbocycles. The molecule has 9 heteroatoms. The van der Waals surface area contributed by atoms with Crippen LogP contribution < -0.4 is 14.4 Å². The van der Waals surface area contributed by atoms with Gasteiger partial charge in [-0.2, -0.15) is 0 Å². The van der Waals surface area contributed by atoms with Crippen molar-refractivity contribution in [1.82, 2.24) is 4.72 Å². The van der Waals surface area contributed by atoms with Crippen LogP contribution in [0.15, 0.2) is 47.4 Å². The number of nitrogens with one attached hydrogen (secondary N) is 1. The van der Waals surface area contributed by atoms with Gasteiger partial charge in [0.15, 0.2) is 0 Å². The number of rotatable bonds is 7. The number of anilines is 1. The van der Waals surface area contributed by atoms with E-state index in [0.717, 1.165) is 30.2 Å². The molecular formula is C19H23N3O5S. The fourth-order valence-electron chi connectivity index (χ4n) is 3.53. The summed E-state index contributed by atoms with van der Waals surface area (Å²) in [5.41, 5.74) is 1.26. The summed E-state index contributed by atoms with van der Waals surface area (Å²) in [6.45, 7) is 3.17. The van der Waals surface area contributed by atoms with Gasteiger partial charge in [0, 0.05) is 12.6 Å². The Morgan fingerprint density at radius 1 is 1.25 bits per heavy atom. The first-order valence-electron chi connectivity index (χ1n) is 9.08. The van der Waals surface area contributed by atoms with Gasteiger partial charge in [-0.3, -0.25) is 10.1 Å². The van der Waals surface area contributed by atoms with Crippen LogP contribution in [-0.4, -0.2) is 33.5 Å². The molecule has 0 radical (unpaired) electrons. The Morgan fingerprint density at radius 2 is 1.96 bits per heavy atom. The third-order valence-corrected chi connectivity index (χ3v) is 6.27. The van der Waals surface area contributed by atoms with Crippen LogP contribution in [0, 0.1) is 10.1 Å². The fourth-order valence-corrected chi connectivity index (χ4v) is 4.28. The largest absolute Gasteiger partial charge is 0.494 e. The maximum absolute atomic E-state index is 12.0. The minimum Gasteiger partial charge on any atom is -0.494 e. The first-order chi connectivity index (χ1) is 13.4. The first-order valence-corrected chi connectivity index (χ1v) is 10.6. The summed E-state index contributed by atoms with van der Waals surface area (Å²) < 4.78 is 31.7. The van der Waals surface area contributed by atoms with Crippen LogP contribution in [0.3, 0.4) is 0 Å². The average Bonchev–Trinajstić information content (AvgIpc) is 3.18. The predicted molar refractivity (Wildman–Crippen MR) is 106 cm³/mol. The molecule has 0 spiro atoms. The van der Waals surface area contributed by atoms with Gasteiger partial charge in [0.05, 0.1) is 22.5 Å². The molecule has 28 heavy (non-hydrogen) atoms. The quantitative estimate of drug-likeness (QED) is 0.560. The second kappa shape index (κ2) is 8.15. The van der Waals surface area contributed by atoms with Crippen LogP contribution >= 0.6 is 0 Å². The number of nitro groups is 1. The highest BCUT2D eigenvalue weighted by atomic mass is 32.2. The molecule has 150 valence electrons. The number of ether oxygens (including phenoxy) is 1. The van der Waals surface area contributed by atoms with E-state index in [0.29, 0.717) is 18.8 Å². The monoisotopic (exact) mass is 405 g/mol. The summed E-state index contributed by atoms with van der Waals surface area (Å²) in [5.74, 6) is 0.781. The van der Waals surface area contributed by atoms with E-state index in [-0.39, 0.29) is 16.6 Å². The first kappa shape index (κ1) is 20.1. The van der Waals surface area contributed by atoms with Crippen molar-refractivity contribution >= 4 is 21.4 Å². The predicted octanol–water partition coefficient (Wildman–Crippen LogP) is 3.24. The Hall–Kier alpha value is -2.65. The Morgan fingerprint density at radius 3 is 2.57 bits per heavy atom. The molecule has 1 saturated heterocycles. The SMILES string of the molecule is CCOc1ccc([C@@H]2CCCN2c2ccc(S(=O)(=O)NC)cc2[N+](=O)[O-])cc1. The number of sulfonamides is 1. The van der Waals surface area contributed by atoms with Gasteiger partial charge >= 0.3 is 0 Å². The second-order valence-electron chi connectivity index (χ2n) is 6.47. The third-order valence-electron chi connectivity index (χ3n) is 4.86.